The van der Waals surface area contributed by atoms with Crippen LogP contribution in [0.1, 0.15) is 20.3 Å². The second-order valence-corrected chi connectivity index (χ2v) is 11.7. The fraction of sp³-hybridized carbons (Fsp3) is 0.450. The summed E-state index contributed by atoms with van der Waals surface area (Å²) in [6.07, 6.45) is 0.639. The van der Waals surface area contributed by atoms with E-state index in [0.717, 1.165) is 30.0 Å². The minimum atomic E-state index is -7.16. The first-order valence-electron chi connectivity index (χ1n) is 10.2. The minimum Gasteiger partial charge on any atom is -0.492 e. The van der Waals surface area contributed by atoms with E-state index in [2.05, 4.69) is 4.18 Å². The molecule has 0 saturated carbocycles. The van der Waals surface area contributed by atoms with Gasteiger partial charge in [0.1, 0.15) is 5.75 Å². The van der Waals surface area contributed by atoms with Crippen molar-refractivity contribution >= 4 is 47.9 Å². The number of carbonyl (C=O) groups excluding carboxylic acids is 1. The van der Waals surface area contributed by atoms with Crippen LogP contribution in [0.5, 0.6) is 11.5 Å². The molecule has 0 heterocycles. The summed E-state index contributed by atoms with van der Waals surface area (Å²) in [6.45, 7) is 3.58. The normalized spacial score (nSPS) is 14.4. The van der Waals surface area contributed by atoms with E-state index in [1.165, 1.54) is 18.2 Å². The summed E-state index contributed by atoms with van der Waals surface area (Å²) in [6, 6.07) is 6.90. The first kappa shape index (κ1) is 31.0. The van der Waals surface area contributed by atoms with Crippen LogP contribution in [0.15, 0.2) is 36.4 Å². The SMILES string of the molecule is CCC(C)C(=O)SCCOc1ccc(OS(=O)(=O)C(F)(F)C(F)(F)C(F)(F)S(=O)(=O)O)c2ccccc12. The maximum absolute atomic E-state index is 14.2. The van der Waals surface area contributed by atoms with E-state index in [1.807, 2.05) is 6.92 Å². The van der Waals surface area contributed by atoms with Gasteiger partial charge in [0.15, 0.2) is 10.9 Å². The Morgan fingerprint density at radius 2 is 1.46 bits per heavy atom. The van der Waals surface area contributed by atoms with Crippen molar-refractivity contribution in [3.63, 3.8) is 0 Å². The fourth-order valence-electron chi connectivity index (χ4n) is 2.70. The van der Waals surface area contributed by atoms with Crippen LogP contribution in [-0.2, 0) is 25.0 Å². The molecule has 0 radical (unpaired) electrons. The zero-order chi connectivity index (χ0) is 28.4. The number of fused-ring (bicyclic) bond motifs is 1. The number of thioether (sulfide) groups is 1. The highest BCUT2D eigenvalue weighted by molar-refractivity contribution is 8.13. The molecule has 1 N–H and O–H groups in total. The van der Waals surface area contributed by atoms with Gasteiger partial charge in [0.05, 0.1) is 6.61 Å². The van der Waals surface area contributed by atoms with Crippen molar-refractivity contribution in [2.24, 2.45) is 5.92 Å². The molecule has 2 rings (SSSR count). The molecule has 0 spiro atoms. The molecule has 0 aromatic heterocycles. The lowest BCUT2D eigenvalue weighted by Gasteiger charge is -2.29. The highest BCUT2D eigenvalue weighted by Crippen LogP contribution is 2.51. The largest absolute Gasteiger partial charge is 0.492 e. The minimum absolute atomic E-state index is 0.00958. The Hall–Kier alpha value is -2.24. The number of rotatable bonds is 12. The number of hydrogen-bond acceptors (Lipinski definition) is 8. The molecule has 17 heteroatoms. The van der Waals surface area contributed by atoms with Crippen molar-refractivity contribution in [1.29, 1.82) is 0 Å². The van der Waals surface area contributed by atoms with Gasteiger partial charge in [-0.2, -0.15) is 43.2 Å². The van der Waals surface area contributed by atoms with Gasteiger partial charge in [-0.15, -0.1) is 0 Å². The van der Waals surface area contributed by atoms with Crippen LogP contribution >= 0.6 is 11.8 Å². The van der Waals surface area contributed by atoms with Crippen molar-refractivity contribution in [3.05, 3.63) is 36.4 Å². The Morgan fingerprint density at radius 3 is 1.97 bits per heavy atom. The maximum atomic E-state index is 14.2. The Morgan fingerprint density at radius 1 is 0.946 bits per heavy atom. The summed E-state index contributed by atoms with van der Waals surface area (Å²) in [5.41, 5.74) is 0. The molecular weight excluding hydrogens is 578 g/mol. The van der Waals surface area contributed by atoms with E-state index in [9.17, 15) is 48.0 Å². The van der Waals surface area contributed by atoms with Crippen molar-refractivity contribution < 1.29 is 61.4 Å². The van der Waals surface area contributed by atoms with E-state index >= 15 is 0 Å². The van der Waals surface area contributed by atoms with Gasteiger partial charge in [-0.1, -0.05) is 49.9 Å². The van der Waals surface area contributed by atoms with Crippen molar-refractivity contribution in [3.8, 4) is 11.5 Å². The van der Waals surface area contributed by atoms with Gasteiger partial charge < -0.3 is 8.92 Å². The quantitative estimate of drug-likeness (QED) is 0.157. The van der Waals surface area contributed by atoms with Crippen molar-refractivity contribution in [2.45, 2.75) is 36.7 Å². The third-order valence-electron chi connectivity index (χ3n) is 5.01. The van der Waals surface area contributed by atoms with Crippen LogP contribution in [-0.4, -0.2) is 55.3 Å². The monoisotopic (exact) mass is 598 g/mol. The summed E-state index contributed by atoms with van der Waals surface area (Å²) < 4.78 is 146. The molecule has 37 heavy (non-hydrogen) atoms. The molecule has 1 atom stereocenters. The molecule has 0 fully saturated rings. The predicted molar refractivity (Wildman–Crippen MR) is 122 cm³/mol. The summed E-state index contributed by atoms with van der Waals surface area (Å²) in [5.74, 6) is -8.00. The number of halogens is 6. The summed E-state index contributed by atoms with van der Waals surface area (Å²) >= 11 is 1.01. The van der Waals surface area contributed by atoms with Gasteiger partial charge >= 0.3 is 36.7 Å². The van der Waals surface area contributed by atoms with E-state index < -0.39 is 42.4 Å². The second kappa shape index (κ2) is 10.9. The zero-order valence-electron chi connectivity index (χ0n) is 19.0. The average molecular weight is 599 g/mol. The Balaban J connectivity index is 2.36. The molecule has 208 valence electrons. The molecule has 2 aromatic rings. The van der Waals surface area contributed by atoms with Crippen molar-refractivity contribution in [2.75, 3.05) is 12.4 Å². The van der Waals surface area contributed by atoms with Gasteiger partial charge in [-0.3, -0.25) is 9.35 Å². The molecule has 0 aliphatic rings. The fourth-order valence-corrected chi connectivity index (χ4v) is 4.97. The highest BCUT2D eigenvalue weighted by Gasteiger charge is 2.83. The molecule has 0 aliphatic heterocycles. The third kappa shape index (κ3) is 5.93. The molecule has 0 aliphatic carbocycles. The first-order chi connectivity index (χ1) is 16.8. The molecule has 0 bridgehead atoms. The number of carbonyl (C=O) groups is 1. The summed E-state index contributed by atoms with van der Waals surface area (Å²) in [5, 5.41) is -14.0. The van der Waals surface area contributed by atoms with Crippen molar-refractivity contribution in [1.82, 2.24) is 0 Å². The van der Waals surface area contributed by atoms with Crippen LogP contribution in [0.4, 0.5) is 26.3 Å². The Bertz CT molecular complexity index is 1360. The van der Waals surface area contributed by atoms with Crippen LogP contribution in [0, 0.1) is 5.92 Å². The maximum Gasteiger partial charge on any atom is 0.450 e. The van der Waals surface area contributed by atoms with Gasteiger partial charge in [0.25, 0.3) is 0 Å². The number of alkyl halides is 6. The molecule has 0 saturated heterocycles. The number of ether oxygens (including phenoxy) is 1. The van der Waals surface area contributed by atoms with E-state index in [4.69, 9.17) is 9.29 Å². The lowest BCUT2D eigenvalue weighted by molar-refractivity contribution is -0.247. The number of benzene rings is 2. The second-order valence-electron chi connectivity index (χ2n) is 7.55. The first-order valence-corrected chi connectivity index (χ1v) is 14.0. The molecule has 8 nitrogen and oxygen atoms in total. The van der Waals surface area contributed by atoms with E-state index in [0.29, 0.717) is 6.42 Å². The topological polar surface area (TPSA) is 124 Å². The lowest BCUT2D eigenvalue weighted by atomic mass is 10.1. The standard InChI is InChI=1S/C20H20F6O8S3/c1-3-12(2)17(27)35-11-10-33-15-8-9-16(14-7-5-4-6-13(14)15)34-37(31,32)20(25,26)18(21,22)19(23,24)36(28,29)30/h4-9,12H,3,10-11H2,1-2H3,(H,28,29,30). The predicted octanol–water partition coefficient (Wildman–Crippen LogP) is 4.94. The average Bonchev–Trinajstić information content (AvgIpc) is 2.80. The Kier molecular flexibility index (Phi) is 9.09. The summed E-state index contributed by atoms with van der Waals surface area (Å²) in [4.78, 5) is 11.9. The molecule has 1 unspecified atom stereocenters. The molecular formula is C20H20F6O8S3. The van der Waals surface area contributed by atoms with Crippen LogP contribution in [0.25, 0.3) is 10.8 Å². The third-order valence-corrected chi connectivity index (χ3v) is 8.26. The number of hydrogen-bond donors (Lipinski definition) is 1. The molecule has 2 aromatic carbocycles. The van der Waals surface area contributed by atoms with Gasteiger partial charge in [0, 0.05) is 22.4 Å². The van der Waals surface area contributed by atoms with E-state index in [-0.39, 0.29) is 39.9 Å². The molecule has 0 amide bonds. The van der Waals surface area contributed by atoms with Crippen LogP contribution in [0.2, 0.25) is 0 Å². The van der Waals surface area contributed by atoms with Gasteiger partial charge in [-0.05, 0) is 18.6 Å². The highest BCUT2D eigenvalue weighted by atomic mass is 32.2. The van der Waals surface area contributed by atoms with Gasteiger partial charge in [-0.25, -0.2) is 0 Å². The Labute approximate surface area is 212 Å². The van der Waals surface area contributed by atoms with Crippen LogP contribution < -0.4 is 8.92 Å². The van der Waals surface area contributed by atoms with E-state index in [1.54, 1.807) is 6.92 Å². The lowest BCUT2D eigenvalue weighted by Crippen LogP contribution is -2.61. The smallest absolute Gasteiger partial charge is 0.450 e. The zero-order valence-corrected chi connectivity index (χ0v) is 21.4. The van der Waals surface area contributed by atoms with Gasteiger partial charge in [0.2, 0.25) is 0 Å². The summed E-state index contributed by atoms with van der Waals surface area (Å²) in [7, 11) is -14.1. The van der Waals surface area contributed by atoms with Crippen LogP contribution in [0.3, 0.4) is 0 Å².